The lowest BCUT2D eigenvalue weighted by atomic mass is 10.1. The molecule has 2 aliphatic heterocycles. The van der Waals surface area contributed by atoms with E-state index in [0.29, 0.717) is 0 Å². The van der Waals surface area contributed by atoms with Gasteiger partial charge in [-0.3, -0.25) is 9.80 Å². The molecule has 2 heterocycles. The summed E-state index contributed by atoms with van der Waals surface area (Å²) < 4.78 is 0. The summed E-state index contributed by atoms with van der Waals surface area (Å²) in [5.41, 5.74) is 0. The zero-order chi connectivity index (χ0) is 16.5. The van der Waals surface area contributed by atoms with Gasteiger partial charge < -0.3 is 0 Å². The monoisotopic (exact) mass is 340 g/mol. The molecule has 2 fully saturated rings. The fourth-order valence-electron chi connectivity index (χ4n) is 4.24. The molecule has 0 aromatic carbocycles. The Kier molecular flexibility index (Phi) is 9.37. The Labute approximate surface area is 149 Å². The second-order valence-corrected chi connectivity index (χ2v) is 8.85. The average molecular weight is 341 g/mol. The molecule has 4 atom stereocenters. The van der Waals surface area contributed by atoms with E-state index >= 15 is 0 Å². The fourth-order valence-corrected chi connectivity index (χ4v) is 6.02. The van der Waals surface area contributed by atoms with E-state index < -0.39 is 0 Å². The van der Waals surface area contributed by atoms with Gasteiger partial charge in [0.15, 0.2) is 0 Å². The summed E-state index contributed by atoms with van der Waals surface area (Å²) in [6, 6.07) is 0. The van der Waals surface area contributed by atoms with Gasteiger partial charge >= 0.3 is 0 Å². The minimum Gasteiger partial charge on any atom is -0.274 e. The molecule has 2 nitrogen and oxygen atoms in total. The molecule has 0 aromatic rings. The van der Waals surface area contributed by atoms with E-state index in [4.69, 9.17) is 0 Å². The van der Waals surface area contributed by atoms with Crippen molar-refractivity contribution in [3.63, 3.8) is 0 Å². The summed E-state index contributed by atoms with van der Waals surface area (Å²) in [5.74, 6) is 0. The first-order chi connectivity index (χ1) is 11.3. The summed E-state index contributed by atoms with van der Waals surface area (Å²) >= 11 is 2.31. The van der Waals surface area contributed by atoms with Gasteiger partial charge in [-0.2, -0.15) is 0 Å². The molecule has 0 amide bonds. The smallest absolute Gasteiger partial charge is 0.0642 e. The van der Waals surface area contributed by atoms with Gasteiger partial charge in [-0.1, -0.05) is 78.6 Å². The van der Waals surface area contributed by atoms with Gasteiger partial charge in [0.2, 0.25) is 0 Å². The highest BCUT2D eigenvalue weighted by Gasteiger charge is 2.44. The maximum atomic E-state index is 2.87. The zero-order valence-corrected chi connectivity index (χ0v) is 16.8. The molecule has 0 N–H and O–H groups in total. The summed E-state index contributed by atoms with van der Waals surface area (Å²) in [5, 5.41) is 1.61. The van der Waals surface area contributed by atoms with Crippen molar-refractivity contribution in [2.24, 2.45) is 0 Å². The van der Waals surface area contributed by atoms with E-state index in [0.717, 1.165) is 16.9 Å². The first kappa shape index (κ1) is 19.6. The fraction of sp³-hybridized carbons (Fsp3) is 1.00. The van der Waals surface area contributed by atoms with E-state index in [1.165, 1.54) is 90.1 Å². The highest BCUT2D eigenvalue weighted by molar-refractivity contribution is 8.00. The molecule has 0 saturated carbocycles. The SMILES string of the molecule is CCCCCC1SC(CCCCC)N2CCN1C2CCCCC. The van der Waals surface area contributed by atoms with Crippen LogP contribution in [0.15, 0.2) is 0 Å². The molecule has 2 saturated heterocycles. The maximum Gasteiger partial charge on any atom is 0.0642 e. The Morgan fingerprint density at radius 1 is 0.652 bits per heavy atom. The number of hydrogen-bond donors (Lipinski definition) is 0. The molecule has 0 aromatic heterocycles. The second-order valence-electron chi connectivity index (χ2n) is 7.49. The van der Waals surface area contributed by atoms with Crippen LogP contribution in [0.5, 0.6) is 0 Å². The van der Waals surface area contributed by atoms with Crippen molar-refractivity contribution < 1.29 is 0 Å². The van der Waals surface area contributed by atoms with Crippen LogP contribution in [-0.4, -0.2) is 39.8 Å². The predicted octanol–water partition coefficient (Wildman–Crippen LogP) is 6.07. The van der Waals surface area contributed by atoms with Crippen LogP contribution in [0.1, 0.15) is 97.8 Å². The lowest BCUT2D eigenvalue weighted by Crippen LogP contribution is -2.51. The number of thioether (sulfide) groups is 1. The third-order valence-electron chi connectivity index (χ3n) is 5.61. The van der Waals surface area contributed by atoms with Crippen molar-refractivity contribution in [3.8, 4) is 0 Å². The minimum absolute atomic E-state index is 0.765. The molecule has 136 valence electrons. The number of hydrogen-bond acceptors (Lipinski definition) is 3. The van der Waals surface area contributed by atoms with Crippen LogP contribution in [0.3, 0.4) is 0 Å². The molecular weight excluding hydrogens is 300 g/mol. The molecule has 23 heavy (non-hydrogen) atoms. The minimum atomic E-state index is 0.765. The van der Waals surface area contributed by atoms with Crippen LogP contribution in [0, 0.1) is 0 Å². The zero-order valence-electron chi connectivity index (χ0n) is 15.9. The summed E-state index contributed by atoms with van der Waals surface area (Å²) in [6.07, 6.45) is 17.6. The molecule has 0 aliphatic carbocycles. The van der Waals surface area contributed by atoms with E-state index in [2.05, 4.69) is 42.3 Å². The Bertz CT molecular complexity index is 286. The largest absolute Gasteiger partial charge is 0.274 e. The quantitative estimate of drug-likeness (QED) is 0.398. The Morgan fingerprint density at radius 3 is 1.52 bits per heavy atom. The van der Waals surface area contributed by atoms with Crippen molar-refractivity contribution >= 4 is 11.8 Å². The van der Waals surface area contributed by atoms with Crippen LogP contribution in [0.2, 0.25) is 0 Å². The Morgan fingerprint density at radius 2 is 1.09 bits per heavy atom. The van der Waals surface area contributed by atoms with Gasteiger partial charge in [0.25, 0.3) is 0 Å². The average Bonchev–Trinajstić information content (AvgIpc) is 2.88. The van der Waals surface area contributed by atoms with Gasteiger partial charge in [0, 0.05) is 13.1 Å². The lowest BCUT2D eigenvalue weighted by Gasteiger charge is -2.45. The number of rotatable bonds is 12. The first-order valence-electron chi connectivity index (χ1n) is 10.5. The molecule has 0 radical (unpaired) electrons. The third-order valence-corrected chi connectivity index (χ3v) is 7.25. The molecule has 4 unspecified atom stereocenters. The molecule has 2 aliphatic rings. The van der Waals surface area contributed by atoms with Gasteiger partial charge in [-0.15, -0.1) is 11.8 Å². The van der Waals surface area contributed by atoms with Crippen molar-refractivity contribution in [1.29, 1.82) is 0 Å². The standard InChI is InChI=1S/C20H40N2S/c1-4-7-10-13-18-21-16-17-22(18)20(15-12-9-6-3)23-19(21)14-11-8-5-2/h18-20H,4-17H2,1-3H3. The summed E-state index contributed by atoms with van der Waals surface area (Å²) in [4.78, 5) is 5.73. The number of unbranched alkanes of at least 4 members (excludes halogenated alkanes) is 6. The number of fused-ring (bicyclic) bond motifs is 2. The molecule has 2 rings (SSSR count). The highest BCUT2D eigenvalue weighted by atomic mass is 32.2. The van der Waals surface area contributed by atoms with Crippen LogP contribution in [0.4, 0.5) is 0 Å². The third kappa shape index (κ3) is 5.64. The first-order valence-corrected chi connectivity index (χ1v) is 11.4. The van der Waals surface area contributed by atoms with Crippen LogP contribution in [-0.2, 0) is 0 Å². The lowest BCUT2D eigenvalue weighted by molar-refractivity contribution is 0.0845. The van der Waals surface area contributed by atoms with Crippen LogP contribution < -0.4 is 0 Å². The van der Waals surface area contributed by atoms with Crippen LogP contribution >= 0.6 is 11.8 Å². The van der Waals surface area contributed by atoms with Gasteiger partial charge in [0.1, 0.15) is 0 Å². The molecular formula is C20H40N2S. The van der Waals surface area contributed by atoms with E-state index in [9.17, 15) is 0 Å². The Hall–Kier alpha value is 0.270. The van der Waals surface area contributed by atoms with Crippen molar-refractivity contribution in [2.75, 3.05) is 13.1 Å². The van der Waals surface area contributed by atoms with Gasteiger partial charge in [0.05, 0.1) is 16.9 Å². The maximum absolute atomic E-state index is 2.87. The topological polar surface area (TPSA) is 6.48 Å². The number of nitrogens with zero attached hydrogens (tertiary/aromatic N) is 2. The Balaban J connectivity index is 1.93. The molecule has 3 heteroatoms. The van der Waals surface area contributed by atoms with E-state index in [1.807, 2.05) is 0 Å². The van der Waals surface area contributed by atoms with Crippen molar-refractivity contribution in [1.82, 2.24) is 9.80 Å². The second kappa shape index (κ2) is 11.0. The van der Waals surface area contributed by atoms with E-state index in [1.54, 1.807) is 0 Å². The predicted molar refractivity (Wildman–Crippen MR) is 105 cm³/mol. The van der Waals surface area contributed by atoms with Gasteiger partial charge in [-0.05, 0) is 19.3 Å². The normalized spacial score (nSPS) is 33.3. The molecule has 2 bridgehead atoms. The summed E-state index contributed by atoms with van der Waals surface area (Å²) in [6.45, 7) is 9.63. The van der Waals surface area contributed by atoms with Crippen molar-refractivity contribution in [3.05, 3.63) is 0 Å². The van der Waals surface area contributed by atoms with E-state index in [-0.39, 0.29) is 0 Å². The van der Waals surface area contributed by atoms with Gasteiger partial charge in [-0.25, -0.2) is 0 Å². The molecule has 0 spiro atoms. The summed E-state index contributed by atoms with van der Waals surface area (Å²) in [7, 11) is 0. The van der Waals surface area contributed by atoms with Crippen molar-refractivity contribution in [2.45, 2.75) is 115 Å². The highest BCUT2D eigenvalue weighted by Crippen LogP contribution is 2.42. The van der Waals surface area contributed by atoms with Crippen LogP contribution in [0.25, 0.3) is 0 Å².